The van der Waals surface area contributed by atoms with Crippen molar-refractivity contribution in [3.8, 4) is 0 Å². The number of carbonyl (C=O) groups is 1. The smallest absolute Gasteiger partial charge is 0.341 e. The van der Waals surface area contributed by atoms with Gasteiger partial charge in [-0.2, -0.15) is 5.10 Å². The Bertz CT molecular complexity index is 441. The van der Waals surface area contributed by atoms with Crippen LogP contribution in [0.1, 0.15) is 43.7 Å². The van der Waals surface area contributed by atoms with Gasteiger partial charge in [0.2, 0.25) is 0 Å². The van der Waals surface area contributed by atoms with E-state index in [0.29, 0.717) is 24.8 Å². The van der Waals surface area contributed by atoms with E-state index in [9.17, 15) is 4.79 Å². The van der Waals surface area contributed by atoms with Crippen molar-refractivity contribution >= 4 is 5.97 Å². The van der Waals surface area contributed by atoms with E-state index in [1.165, 1.54) is 0 Å². The summed E-state index contributed by atoms with van der Waals surface area (Å²) in [6.45, 7) is 12.3. The molecule has 1 aromatic heterocycles. The third-order valence-electron chi connectivity index (χ3n) is 3.60. The predicted molar refractivity (Wildman–Crippen MR) is 83.3 cm³/mol. The maximum Gasteiger partial charge on any atom is 0.341 e. The zero-order valence-electron chi connectivity index (χ0n) is 13.8. The van der Waals surface area contributed by atoms with Gasteiger partial charge in [0.25, 0.3) is 0 Å². The Labute approximate surface area is 127 Å². The number of carbonyl (C=O) groups excluding carboxylic acids is 1. The molecule has 0 bridgehead atoms. The Morgan fingerprint density at radius 3 is 2.67 bits per heavy atom. The van der Waals surface area contributed by atoms with Gasteiger partial charge in [-0.1, -0.05) is 13.8 Å². The molecule has 0 saturated heterocycles. The monoisotopic (exact) mass is 296 g/mol. The van der Waals surface area contributed by atoms with Gasteiger partial charge in [-0.05, 0) is 26.9 Å². The molecule has 0 aliphatic carbocycles. The first-order valence-corrected chi connectivity index (χ1v) is 7.67. The van der Waals surface area contributed by atoms with Gasteiger partial charge in [0, 0.05) is 26.2 Å². The summed E-state index contributed by atoms with van der Waals surface area (Å²) in [5.41, 5.74) is 1.40. The van der Waals surface area contributed by atoms with Crippen molar-refractivity contribution in [3.63, 3.8) is 0 Å². The van der Waals surface area contributed by atoms with Crippen LogP contribution in [0.15, 0.2) is 6.20 Å². The van der Waals surface area contributed by atoms with E-state index >= 15 is 0 Å². The summed E-state index contributed by atoms with van der Waals surface area (Å²) in [6.07, 6.45) is 1.57. The second-order valence-corrected chi connectivity index (χ2v) is 5.12. The lowest BCUT2D eigenvalue weighted by atomic mass is 10.2. The molecule has 1 N–H and O–H groups in total. The van der Waals surface area contributed by atoms with Gasteiger partial charge in [0.15, 0.2) is 0 Å². The van der Waals surface area contributed by atoms with E-state index in [1.54, 1.807) is 17.8 Å². The van der Waals surface area contributed by atoms with E-state index in [1.807, 2.05) is 7.05 Å². The van der Waals surface area contributed by atoms with Crippen LogP contribution in [0.25, 0.3) is 0 Å². The van der Waals surface area contributed by atoms with Gasteiger partial charge in [0.1, 0.15) is 5.56 Å². The van der Waals surface area contributed by atoms with Crippen molar-refractivity contribution in [3.05, 3.63) is 17.5 Å². The number of likely N-dealkylation sites (N-methyl/N-ethyl adjacent to an activating group) is 1. The molecule has 1 heterocycles. The summed E-state index contributed by atoms with van der Waals surface area (Å²) in [6, 6.07) is 0.342. The average molecular weight is 296 g/mol. The van der Waals surface area contributed by atoms with E-state index in [0.717, 1.165) is 25.3 Å². The third-order valence-corrected chi connectivity index (χ3v) is 3.60. The minimum Gasteiger partial charge on any atom is -0.462 e. The van der Waals surface area contributed by atoms with Crippen LogP contribution in [0.4, 0.5) is 0 Å². The number of hydrogen-bond acceptors (Lipinski definition) is 5. The van der Waals surface area contributed by atoms with Crippen LogP contribution >= 0.6 is 0 Å². The van der Waals surface area contributed by atoms with Crippen LogP contribution in [-0.2, 0) is 18.3 Å². The molecule has 0 saturated carbocycles. The molecule has 0 aliphatic rings. The van der Waals surface area contributed by atoms with Crippen LogP contribution in [0, 0.1) is 0 Å². The predicted octanol–water partition coefficient (Wildman–Crippen LogP) is 1.42. The molecular weight excluding hydrogens is 268 g/mol. The lowest BCUT2D eigenvalue weighted by Gasteiger charge is -2.23. The van der Waals surface area contributed by atoms with Crippen molar-refractivity contribution in [2.75, 3.05) is 26.2 Å². The quantitative estimate of drug-likeness (QED) is 0.698. The Hall–Kier alpha value is -1.40. The zero-order valence-corrected chi connectivity index (χ0v) is 13.8. The Balaban J connectivity index is 2.62. The first-order chi connectivity index (χ1) is 10.0. The van der Waals surface area contributed by atoms with Gasteiger partial charge in [-0.3, -0.25) is 4.68 Å². The largest absolute Gasteiger partial charge is 0.462 e. The molecule has 1 atom stereocenters. The number of aromatic nitrogens is 2. The molecule has 0 aromatic carbocycles. The van der Waals surface area contributed by atoms with Crippen LogP contribution in [0.3, 0.4) is 0 Å². The van der Waals surface area contributed by atoms with Gasteiger partial charge in [0.05, 0.1) is 18.5 Å². The number of nitrogens with zero attached hydrogens (tertiary/aromatic N) is 3. The fraction of sp³-hybridized carbons (Fsp3) is 0.733. The number of rotatable bonds is 9. The maximum absolute atomic E-state index is 11.9. The third kappa shape index (κ3) is 5.13. The van der Waals surface area contributed by atoms with E-state index in [4.69, 9.17) is 4.74 Å². The van der Waals surface area contributed by atoms with Crippen LogP contribution in [-0.4, -0.2) is 52.9 Å². The van der Waals surface area contributed by atoms with Crippen molar-refractivity contribution in [2.24, 2.45) is 7.05 Å². The van der Waals surface area contributed by atoms with Crippen LogP contribution in [0.2, 0.25) is 0 Å². The lowest BCUT2D eigenvalue weighted by molar-refractivity contribution is 0.0524. The van der Waals surface area contributed by atoms with E-state index < -0.39 is 0 Å². The van der Waals surface area contributed by atoms with E-state index in [-0.39, 0.29) is 5.97 Å². The fourth-order valence-corrected chi connectivity index (χ4v) is 2.26. The van der Waals surface area contributed by atoms with Gasteiger partial charge >= 0.3 is 5.97 Å². The molecule has 21 heavy (non-hydrogen) atoms. The SMILES string of the molecule is CCOC(=O)c1cnn(C)c1CNC(C)CN(CC)CC. The molecule has 0 amide bonds. The normalized spacial score (nSPS) is 12.7. The average Bonchev–Trinajstić information content (AvgIpc) is 2.84. The summed E-state index contributed by atoms with van der Waals surface area (Å²) < 4.78 is 6.79. The summed E-state index contributed by atoms with van der Waals surface area (Å²) in [4.78, 5) is 14.3. The second kappa shape index (κ2) is 8.79. The molecule has 1 unspecified atom stereocenters. The van der Waals surface area contributed by atoms with Gasteiger partial charge in [-0.25, -0.2) is 4.79 Å². The van der Waals surface area contributed by atoms with Crippen LogP contribution in [0.5, 0.6) is 0 Å². The van der Waals surface area contributed by atoms with Crippen molar-refractivity contribution < 1.29 is 9.53 Å². The standard InChI is InChI=1S/C15H28N4O2/c1-6-19(7-2)11-12(4)16-10-14-13(9-17-18(14)5)15(20)21-8-3/h9,12,16H,6-8,10-11H2,1-5H3. The molecule has 6 nitrogen and oxygen atoms in total. The Morgan fingerprint density at radius 2 is 2.10 bits per heavy atom. The summed E-state index contributed by atoms with van der Waals surface area (Å²) >= 11 is 0. The topological polar surface area (TPSA) is 59.4 Å². The highest BCUT2D eigenvalue weighted by Gasteiger charge is 2.17. The first kappa shape index (κ1) is 17.7. The number of aryl methyl sites for hydroxylation is 1. The Kier molecular flexibility index (Phi) is 7.39. The highest BCUT2D eigenvalue weighted by molar-refractivity contribution is 5.90. The number of hydrogen-bond donors (Lipinski definition) is 1. The summed E-state index contributed by atoms with van der Waals surface area (Å²) in [7, 11) is 1.84. The number of ether oxygens (including phenoxy) is 1. The van der Waals surface area contributed by atoms with Crippen molar-refractivity contribution in [2.45, 2.75) is 40.3 Å². The highest BCUT2D eigenvalue weighted by atomic mass is 16.5. The molecular formula is C15H28N4O2. The second-order valence-electron chi connectivity index (χ2n) is 5.12. The van der Waals surface area contributed by atoms with E-state index in [2.05, 4.69) is 36.1 Å². The number of nitrogens with one attached hydrogen (secondary N) is 1. The van der Waals surface area contributed by atoms with Gasteiger partial charge in [-0.15, -0.1) is 0 Å². The first-order valence-electron chi connectivity index (χ1n) is 7.67. The molecule has 0 fully saturated rings. The fourth-order valence-electron chi connectivity index (χ4n) is 2.26. The van der Waals surface area contributed by atoms with Crippen LogP contribution < -0.4 is 5.32 Å². The highest BCUT2D eigenvalue weighted by Crippen LogP contribution is 2.09. The molecule has 6 heteroatoms. The summed E-state index contributed by atoms with van der Waals surface area (Å²) in [5, 5.41) is 7.61. The maximum atomic E-state index is 11.9. The molecule has 1 aromatic rings. The molecule has 120 valence electrons. The summed E-state index contributed by atoms with van der Waals surface area (Å²) in [5.74, 6) is -0.307. The van der Waals surface area contributed by atoms with Crippen molar-refractivity contribution in [1.29, 1.82) is 0 Å². The minimum atomic E-state index is -0.307. The Morgan fingerprint density at radius 1 is 1.43 bits per heavy atom. The molecule has 0 spiro atoms. The van der Waals surface area contributed by atoms with Crippen molar-refractivity contribution in [1.82, 2.24) is 20.0 Å². The van der Waals surface area contributed by atoms with Gasteiger partial charge < -0.3 is 15.0 Å². The zero-order chi connectivity index (χ0) is 15.8. The molecule has 0 aliphatic heterocycles. The minimum absolute atomic E-state index is 0.307. The molecule has 1 rings (SSSR count). The molecule has 0 radical (unpaired) electrons. The number of esters is 1. The lowest BCUT2D eigenvalue weighted by Crippen LogP contribution is -2.39.